The van der Waals surface area contributed by atoms with Gasteiger partial charge in [0, 0.05) is 25.2 Å². The van der Waals surface area contributed by atoms with E-state index in [-0.39, 0.29) is 25.1 Å². The molecular weight excluding hydrogens is 304 g/mol. The minimum absolute atomic E-state index is 0. The number of rotatable bonds is 2. The van der Waals surface area contributed by atoms with E-state index in [9.17, 15) is 4.79 Å². The largest absolute Gasteiger partial charge is 0.454 e. The van der Waals surface area contributed by atoms with E-state index in [1.165, 1.54) is 12.8 Å². The minimum Gasteiger partial charge on any atom is -0.454 e. The molecule has 2 atom stereocenters. The van der Waals surface area contributed by atoms with Gasteiger partial charge in [-0.05, 0) is 37.8 Å². The van der Waals surface area contributed by atoms with E-state index < -0.39 is 0 Å². The molecule has 0 saturated carbocycles. The fourth-order valence-corrected chi connectivity index (χ4v) is 3.80. The number of halogens is 1. The van der Waals surface area contributed by atoms with Gasteiger partial charge in [-0.25, -0.2) is 0 Å². The van der Waals surface area contributed by atoms with E-state index in [4.69, 9.17) is 9.47 Å². The monoisotopic (exact) mass is 324 g/mol. The van der Waals surface area contributed by atoms with Crippen LogP contribution in [0.25, 0.3) is 0 Å². The third-order valence-corrected chi connectivity index (χ3v) is 4.94. The number of hydrogen-bond acceptors (Lipinski definition) is 4. The van der Waals surface area contributed by atoms with E-state index in [1.807, 2.05) is 30.1 Å². The van der Waals surface area contributed by atoms with Crippen LogP contribution in [-0.2, 0) is 0 Å². The van der Waals surface area contributed by atoms with Crippen LogP contribution in [0.4, 0.5) is 0 Å². The molecule has 120 valence electrons. The molecule has 1 aromatic carbocycles. The Kier molecular flexibility index (Phi) is 4.19. The van der Waals surface area contributed by atoms with Gasteiger partial charge >= 0.3 is 0 Å². The lowest BCUT2D eigenvalue weighted by Crippen LogP contribution is -2.48. The number of nitrogens with zero attached hydrogens (tertiary/aromatic N) is 1. The molecule has 1 N–H and O–H groups in total. The lowest BCUT2D eigenvalue weighted by atomic mass is 9.98. The van der Waals surface area contributed by atoms with E-state index in [1.54, 1.807) is 0 Å². The van der Waals surface area contributed by atoms with Gasteiger partial charge in [0.15, 0.2) is 11.5 Å². The summed E-state index contributed by atoms with van der Waals surface area (Å²) in [5.41, 5.74) is 0.610. The van der Waals surface area contributed by atoms with Crippen LogP contribution in [0.15, 0.2) is 18.2 Å². The highest BCUT2D eigenvalue weighted by Crippen LogP contribution is 2.37. The standard InChI is InChI=1S/C16H20N2O3.ClH/c1-18(12-7-10-5-6-11(8-12)17-10)16(19)13-3-2-4-14-15(13)21-9-20-14;/h2-4,10-12,17H,5-9H2,1H3;1H. The summed E-state index contributed by atoms with van der Waals surface area (Å²) >= 11 is 0. The zero-order chi connectivity index (χ0) is 14.4. The van der Waals surface area contributed by atoms with Crippen LogP contribution in [-0.4, -0.2) is 42.8 Å². The summed E-state index contributed by atoms with van der Waals surface area (Å²) < 4.78 is 10.8. The summed E-state index contributed by atoms with van der Waals surface area (Å²) in [5, 5.41) is 3.61. The second-order valence-corrected chi connectivity index (χ2v) is 6.22. The molecule has 0 aliphatic carbocycles. The maximum Gasteiger partial charge on any atom is 0.257 e. The molecule has 2 unspecified atom stereocenters. The van der Waals surface area contributed by atoms with Gasteiger partial charge < -0.3 is 19.7 Å². The lowest BCUT2D eigenvalue weighted by Gasteiger charge is -2.35. The van der Waals surface area contributed by atoms with E-state index in [2.05, 4.69) is 5.32 Å². The summed E-state index contributed by atoms with van der Waals surface area (Å²) in [7, 11) is 1.91. The van der Waals surface area contributed by atoms with Gasteiger partial charge in [-0.15, -0.1) is 12.4 Å². The number of carbonyl (C=O) groups excluding carboxylic acids is 1. The van der Waals surface area contributed by atoms with Gasteiger partial charge in [-0.1, -0.05) is 6.07 Å². The number of hydrogen-bond donors (Lipinski definition) is 1. The zero-order valence-electron chi connectivity index (χ0n) is 12.6. The van der Waals surface area contributed by atoms with Crippen molar-refractivity contribution in [1.82, 2.24) is 10.2 Å². The second kappa shape index (κ2) is 5.97. The normalized spacial score (nSPS) is 28.1. The Labute approximate surface area is 136 Å². The van der Waals surface area contributed by atoms with Crippen molar-refractivity contribution in [3.05, 3.63) is 23.8 Å². The zero-order valence-corrected chi connectivity index (χ0v) is 13.4. The van der Waals surface area contributed by atoms with Crippen molar-refractivity contribution < 1.29 is 14.3 Å². The predicted molar refractivity (Wildman–Crippen MR) is 84.9 cm³/mol. The van der Waals surface area contributed by atoms with Gasteiger partial charge in [-0.2, -0.15) is 0 Å². The molecule has 2 fully saturated rings. The highest BCUT2D eigenvalue weighted by molar-refractivity contribution is 5.98. The Morgan fingerprint density at radius 2 is 1.95 bits per heavy atom. The van der Waals surface area contributed by atoms with Crippen LogP contribution < -0.4 is 14.8 Å². The summed E-state index contributed by atoms with van der Waals surface area (Å²) in [4.78, 5) is 14.7. The van der Waals surface area contributed by atoms with Crippen molar-refractivity contribution in [2.75, 3.05) is 13.8 Å². The van der Waals surface area contributed by atoms with Crippen LogP contribution in [0, 0.1) is 0 Å². The molecule has 3 aliphatic heterocycles. The van der Waals surface area contributed by atoms with Crippen LogP contribution >= 0.6 is 12.4 Å². The van der Waals surface area contributed by atoms with E-state index in [0.29, 0.717) is 35.2 Å². The van der Waals surface area contributed by atoms with Crippen molar-refractivity contribution >= 4 is 18.3 Å². The van der Waals surface area contributed by atoms with E-state index >= 15 is 0 Å². The van der Waals surface area contributed by atoms with Crippen molar-refractivity contribution in [3.8, 4) is 11.5 Å². The van der Waals surface area contributed by atoms with Crippen molar-refractivity contribution in [3.63, 3.8) is 0 Å². The third-order valence-electron chi connectivity index (χ3n) is 4.94. The summed E-state index contributed by atoms with van der Waals surface area (Å²) in [6.45, 7) is 0.195. The molecule has 1 aromatic rings. The number of nitrogens with one attached hydrogen (secondary N) is 1. The van der Waals surface area contributed by atoms with Gasteiger partial charge in [0.05, 0.1) is 5.56 Å². The topological polar surface area (TPSA) is 50.8 Å². The number of carbonyl (C=O) groups is 1. The predicted octanol–water partition coefficient (Wildman–Crippen LogP) is 2.19. The number of para-hydroxylation sites is 1. The number of fused-ring (bicyclic) bond motifs is 3. The first-order valence-corrected chi connectivity index (χ1v) is 7.64. The van der Waals surface area contributed by atoms with Crippen LogP contribution in [0.3, 0.4) is 0 Å². The number of ether oxygens (including phenoxy) is 2. The average molecular weight is 325 g/mol. The van der Waals surface area contributed by atoms with Crippen molar-refractivity contribution in [2.45, 2.75) is 43.8 Å². The minimum atomic E-state index is 0. The van der Waals surface area contributed by atoms with Gasteiger partial charge in [-0.3, -0.25) is 4.79 Å². The molecule has 3 aliphatic rings. The highest BCUT2D eigenvalue weighted by Gasteiger charge is 2.37. The van der Waals surface area contributed by atoms with Crippen LogP contribution in [0.2, 0.25) is 0 Å². The first kappa shape index (κ1) is 15.4. The summed E-state index contributed by atoms with van der Waals surface area (Å²) in [5.74, 6) is 1.29. The summed E-state index contributed by atoms with van der Waals surface area (Å²) in [6, 6.07) is 6.97. The molecule has 0 spiro atoms. The number of piperidine rings is 1. The first-order chi connectivity index (χ1) is 10.2. The molecular formula is C16H21ClN2O3. The fourth-order valence-electron chi connectivity index (χ4n) is 3.80. The number of benzene rings is 1. The molecule has 5 nitrogen and oxygen atoms in total. The first-order valence-electron chi connectivity index (χ1n) is 7.64. The lowest BCUT2D eigenvalue weighted by molar-refractivity contribution is 0.0677. The Morgan fingerprint density at radius 3 is 2.68 bits per heavy atom. The molecule has 0 radical (unpaired) electrons. The number of amides is 1. The molecule has 0 aromatic heterocycles. The Balaban J connectivity index is 0.00000144. The van der Waals surface area contributed by atoms with Gasteiger partial charge in [0.2, 0.25) is 6.79 Å². The SMILES string of the molecule is CN(C(=O)c1cccc2c1OCO2)C1CC2CCC(C1)N2.Cl. The fraction of sp³-hybridized carbons (Fsp3) is 0.562. The average Bonchev–Trinajstić information content (AvgIpc) is 3.11. The van der Waals surface area contributed by atoms with E-state index in [0.717, 1.165) is 12.8 Å². The smallest absolute Gasteiger partial charge is 0.257 e. The quantitative estimate of drug-likeness (QED) is 0.906. The van der Waals surface area contributed by atoms with Crippen molar-refractivity contribution in [1.29, 1.82) is 0 Å². The molecule has 4 rings (SSSR count). The Morgan fingerprint density at radius 1 is 1.23 bits per heavy atom. The maximum absolute atomic E-state index is 12.8. The molecule has 6 heteroatoms. The Hall–Kier alpha value is -1.46. The maximum atomic E-state index is 12.8. The van der Waals surface area contributed by atoms with Gasteiger partial charge in [0.25, 0.3) is 5.91 Å². The van der Waals surface area contributed by atoms with Gasteiger partial charge in [0.1, 0.15) is 0 Å². The second-order valence-electron chi connectivity index (χ2n) is 6.22. The van der Waals surface area contributed by atoms with Crippen molar-refractivity contribution in [2.24, 2.45) is 0 Å². The molecule has 2 bridgehead atoms. The molecule has 2 saturated heterocycles. The summed E-state index contributed by atoms with van der Waals surface area (Å²) in [6.07, 6.45) is 4.57. The molecule has 3 heterocycles. The third kappa shape index (κ3) is 2.52. The molecule has 1 amide bonds. The Bertz CT molecular complexity index is 569. The van der Waals surface area contributed by atoms with Crippen LogP contribution in [0.1, 0.15) is 36.0 Å². The molecule has 22 heavy (non-hydrogen) atoms. The van der Waals surface area contributed by atoms with Crippen LogP contribution in [0.5, 0.6) is 11.5 Å². The highest BCUT2D eigenvalue weighted by atomic mass is 35.5.